The van der Waals surface area contributed by atoms with Gasteiger partial charge in [0.25, 0.3) is 0 Å². The highest BCUT2D eigenvalue weighted by Gasteiger charge is 2.05. The van der Waals surface area contributed by atoms with E-state index < -0.39 is 6.09 Å². The van der Waals surface area contributed by atoms with Gasteiger partial charge in [-0.2, -0.15) is 0 Å². The van der Waals surface area contributed by atoms with E-state index >= 15 is 0 Å². The van der Waals surface area contributed by atoms with E-state index in [1.807, 2.05) is 6.07 Å². The Morgan fingerprint density at radius 2 is 1.93 bits per heavy atom. The van der Waals surface area contributed by atoms with Crippen LogP contribution < -0.4 is 5.32 Å². The number of hydrogen-bond donors (Lipinski definition) is 1. The summed E-state index contributed by atoms with van der Waals surface area (Å²) < 4.78 is 4.71. The van der Waals surface area contributed by atoms with Gasteiger partial charge in [0.05, 0.1) is 0 Å². The molecule has 0 saturated heterocycles. The van der Waals surface area contributed by atoms with Crippen molar-refractivity contribution in [2.24, 2.45) is 0 Å². The summed E-state index contributed by atoms with van der Waals surface area (Å²) >= 11 is 0. The average Bonchev–Trinajstić information content (AvgIpc) is 2.29. The summed E-state index contributed by atoms with van der Waals surface area (Å²) in [5, 5.41) is 2.31. The Hall–Kier alpha value is -1.84. The number of hydrogen-bond acceptors (Lipinski definition) is 3. The minimum Gasteiger partial charge on any atom is -0.449 e. The zero-order valence-electron chi connectivity index (χ0n) is 8.53. The number of rotatable bonds is 4. The summed E-state index contributed by atoms with van der Waals surface area (Å²) in [6.07, 6.45) is -0.312. The van der Waals surface area contributed by atoms with Crippen LogP contribution in [0.5, 0.6) is 0 Å². The fourth-order valence-electron chi connectivity index (χ4n) is 1.08. The molecule has 0 radical (unpaired) electrons. The largest absolute Gasteiger partial charge is 0.449 e. The average molecular weight is 207 g/mol. The van der Waals surface area contributed by atoms with E-state index in [2.05, 4.69) is 5.32 Å². The number of amides is 1. The molecule has 0 atom stereocenters. The Labute approximate surface area is 88.2 Å². The van der Waals surface area contributed by atoms with Crippen LogP contribution in [0.2, 0.25) is 0 Å². The predicted molar refractivity (Wildman–Crippen MR) is 55.8 cm³/mol. The van der Waals surface area contributed by atoms with Gasteiger partial charge in [0.2, 0.25) is 0 Å². The maximum Gasteiger partial charge on any atom is 0.406 e. The number of ketones is 1. The van der Waals surface area contributed by atoms with Crippen LogP contribution in [0, 0.1) is 0 Å². The number of ether oxygens (including phenoxy) is 1. The van der Waals surface area contributed by atoms with E-state index in [1.165, 1.54) is 7.05 Å². The second kappa shape index (κ2) is 5.80. The molecule has 0 aliphatic carbocycles. The molecule has 0 unspecified atom stereocenters. The van der Waals surface area contributed by atoms with Gasteiger partial charge in [0, 0.05) is 19.0 Å². The van der Waals surface area contributed by atoms with Crippen LogP contribution in [0.3, 0.4) is 0 Å². The van der Waals surface area contributed by atoms with Gasteiger partial charge in [-0.25, -0.2) is 4.79 Å². The Kier molecular flexibility index (Phi) is 4.34. The molecule has 1 rings (SSSR count). The normalized spacial score (nSPS) is 9.40. The van der Waals surface area contributed by atoms with Gasteiger partial charge < -0.3 is 10.1 Å². The van der Waals surface area contributed by atoms with Crippen molar-refractivity contribution in [1.82, 2.24) is 5.32 Å². The van der Waals surface area contributed by atoms with Crippen molar-refractivity contribution in [2.45, 2.75) is 6.42 Å². The highest BCUT2D eigenvalue weighted by molar-refractivity contribution is 5.96. The van der Waals surface area contributed by atoms with Crippen molar-refractivity contribution in [3.8, 4) is 0 Å². The fraction of sp³-hybridized carbons (Fsp3) is 0.273. The SMILES string of the molecule is CNC(=O)OCCC(=O)c1ccccc1. The van der Waals surface area contributed by atoms with Gasteiger partial charge in [-0.05, 0) is 0 Å². The molecule has 15 heavy (non-hydrogen) atoms. The number of carbonyl (C=O) groups excluding carboxylic acids is 2. The van der Waals surface area contributed by atoms with Crippen LogP contribution in [-0.4, -0.2) is 25.5 Å². The molecule has 0 fully saturated rings. The molecule has 0 heterocycles. The molecule has 0 aliphatic heterocycles. The monoisotopic (exact) mass is 207 g/mol. The Bertz CT molecular complexity index is 335. The Morgan fingerprint density at radius 3 is 2.53 bits per heavy atom. The fourth-order valence-corrected chi connectivity index (χ4v) is 1.08. The van der Waals surface area contributed by atoms with Crippen molar-refractivity contribution < 1.29 is 14.3 Å². The Morgan fingerprint density at radius 1 is 1.27 bits per heavy atom. The Balaban J connectivity index is 2.34. The second-order valence-corrected chi connectivity index (χ2v) is 2.93. The standard InChI is InChI=1S/C11H13NO3/c1-12-11(14)15-8-7-10(13)9-5-3-2-4-6-9/h2-6H,7-8H2,1H3,(H,12,14). The lowest BCUT2D eigenvalue weighted by molar-refractivity contribution is 0.0935. The molecule has 0 aliphatic rings. The zero-order chi connectivity index (χ0) is 11.1. The van der Waals surface area contributed by atoms with Crippen LogP contribution in [0.1, 0.15) is 16.8 Å². The molecular formula is C11H13NO3. The lowest BCUT2D eigenvalue weighted by atomic mass is 10.1. The summed E-state index contributed by atoms with van der Waals surface area (Å²) in [5.41, 5.74) is 0.637. The van der Waals surface area contributed by atoms with Crippen LogP contribution in [0.15, 0.2) is 30.3 Å². The molecule has 80 valence electrons. The second-order valence-electron chi connectivity index (χ2n) is 2.93. The van der Waals surface area contributed by atoms with Crippen molar-refractivity contribution in [1.29, 1.82) is 0 Å². The summed E-state index contributed by atoms with van der Waals surface area (Å²) in [7, 11) is 1.47. The van der Waals surface area contributed by atoms with E-state index in [4.69, 9.17) is 4.74 Å². The summed E-state index contributed by atoms with van der Waals surface area (Å²) in [5.74, 6) is -0.0282. The van der Waals surface area contributed by atoms with Gasteiger partial charge in [0.15, 0.2) is 5.78 Å². The third kappa shape index (κ3) is 3.81. The first-order chi connectivity index (χ1) is 7.24. The molecule has 1 N–H and O–H groups in total. The number of alkyl carbamates (subject to hydrolysis) is 1. The van der Waals surface area contributed by atoms with Crippen LogP contribution in [0.25, 0.3) is 0 Å². The third-order valence-electron chi connectivity index (χ3n) is 1.86. The maximum atomic E-state index is 11.5. The number of carbonyl (C=O) groups is 2. The quantitative estimate of drug-likeness (QED) is 0.763. The molecule has 4 heteroatoms. The van der Waals surface area contributed by atoms with Gasteiger partial charge in [-0.3, -0.25) is 4.79 Å². The summed E-state index contributed by atoms with van der Waals surface area (Å²) in [4.78, 5) is 22.2. The van der Waals surface area contributed by atoms with Gasteiger partial charge >= 0.3 is 6.09 Å². The molecule has 0 aromatic heterocycles. The minimum absolute atomic E-state index is 0.0282. The lowest BCUT2D eigenvalue weighted by Crippen LogP contribution is -2.20. The van der Waals surface area contributed by atoms with Gasteiger partial charge in [-0.1, -0.05) is 30.3 Å². The summed E-state index contributed by atoms with van der Waals surface area (Å²) in [6.45, 7) is 0.105. The first-order valence-corrected chi connectivity index (χ1v) is 4.67. The minimum atomic E-state index is -0.518. The van der Waals surface area contributed by atoms with Crippen molar-refractivity contribution in [3.05, 3.63) is 35.9 Å². The van der Waals surface area contributed by atoms with E-state index in [1.54, 1.807) is 24.3 Å². The highest BCUT2D eigenvalue weighted by Crippen LogP contribution is 2.02. The first-order valence-electron chi connectivity index (χ1n) is 4.67. The van der Waals surface area contributed by atoms with Gasteiger partial charge in [0.1, 0.15) is 6.61 Å². The van der Waals surface area contributed by atoms with Crippen LogP contribution >= 0.6 is 0 Å². The van der Waals surface area contributed by atoms with Gasteiger partial charge in [-0.15, -0.1) is 0 Å². The molecule has 1 aromatic rings. The topological polar surface area (TPSA) is 55.4 Å². The molecule has 0 bridgehead atoms. The first kappa shape index (κ1) is 11.2. The third-order valence-corrected chi connectivity index (χ3v) is 1.86. The van der Waals surface area contributed by atoms with Crippen molar-refractivity contribution in [2.75, 3.05) is 13.7 Å². The van der Waals surface area contributed by atoms with E-state index in [0.717, 1.165) is 0 Å². The smallest absolute Gasteiger partial charge is 0.406 e. The van der Waals surface area contributed by atoms with E-state index in [9.17, 15) is 9.59 Å². The molecule has 4 nitrogen and oxygen atoms in total. The zero-order valence-corrected chi connectivity index (χ0v) is 8.53. The lowest BCUT2D eigenvalue weighted by Gasteiger charge is -2.03. The number of Topliss-reactive ketones (excluding diaryl/α,β-unsaturated/α-hetero) is 1. The molecule has 0 saturated carbocycles. The van der Waals surface area contributed by atoms with Crippen LogP contribution in [-0.2, 0) is 4.74 Å². The predicted octanol–water partition coefficient (Wildman–Crippen LogP) is 1.62. The van der Waals surface area contributed by atoms with Crippen LogP contribution in [0.4, 0.5) is 4.79 Å². The maximum absolute atomic E-state index is 11.5. The van der Waals surface area contributed by atoms with Crippen molar-refractivity contribution >= 4 is 11.9 Å². The number of benzene rings is 1. The van der Waals surface area contributed by atoms with Crippen molar-refractivity contribution in [3.63, 3.8) is 0 Å². The molecule has 1 aromatic carbocycles. The molecule has 1 amide bonds. The molecule has 0 spiro atoms. The van der Waals surface area contributed by atoms with E-state index in [-0.39, 0.29) is 18.8 Å². The number of nitrogens with one attached hydrogen (secondary N) is 1. The van der Waals surface area contributed by atoms with E-state index in [0.29, 0.717) is 5.56 Å². The molecular weight excluding hydrogens is 194 g/mol. The highest BCUT2D eigenvalue weighted by atomic mass is 16.5. The summed E-state index contributed by atoms with van der Waals surface area (Å²) in [6, 6.07) is 8.92.